The molecule has 2 N–H and O–H groups in total. The molecule has 0 saturated heterocycles. The fraction of sp³-hybridized carbons (Fsp3) is 0.261. The Hall–Kier alpha value is -3.13. The van der Waals surface area contributed by atoms with Crippen molar-refractivity contribution in [1.29, 1.82) is 0 Å². The highest BCUT2D eigenvalue weighted by Crippen LogP contribution is 2.21. The molecule has 1 aromatic heterocycles. The largest absolute Gasteiger partial charge is 0.351 e. The highest BCUT2D eigenvalue weighted by molar-refractivity contribution is 7.99. The van der Waals surface area contributed by atoms with Gasteiger partial charge in [-0.2, -0.15) is 0 Å². The molecule has 6 nitrogen and oxygen atoms in total. The van der Waals surface area contributed by atoms with Crippen molar-refractivity contribution >= 4 is 23.6 Å². The fourth-order valence-electron chi connectivity index (χ4n) is 2.84. The molecular weight excluding hydrogens is 415 g/mol. The summed E-state index contributed by atoms with van der Waals surface area (Å²) in [5, 5.41) is 6.44. The number of carbonyl (C=O) groups excluding carboxylic acids is 2. The summed E-state index contributed by atoms with van der Waals surface area (Å²) >= 11 is 1.35. The van der Waals surface area contributed by atoms with E-state index in [1.807, 2.05) is 43.7 Å². The van der Waals surface area contributed by atoms with Crippen molar-refractivity contribution in [3.8, 4) is 5.69 Å². The van der Waals surface area contributed by atoms with Crippen LogP contribution in [0.1, 0.15) is 36.7 Å². The Labute approximate surface area is 185 Å². The minimum Gasteiger partial charge on any atom is -0.351 e. The first kappa shape index (κ1) is 22.6. The first-order valence-electron chi connectivity index (χ1n) is 9.81. The van der Waals surface area contributed by atoms with Gasteiger partial charge in [0, 0.05) is 35.7 Å². The lowest BCUT2D eigenvalue weighted by Crippen LogP contribution is -2.41. The summed E-state index contributed by atoms with van der Waals surface area (Å²) in [6, 6.07) is 13.1. The number of thioether (sulfide) groups is 1. The molecule has 3 aromatic rings. The van der Waals surface area contributed by atoms with Gasteiger partial charge in [-0.3, -0.25) is 14.2 Å². The molecule has 0 fully saturated rings. The van der Waals surface area contributed by atoms with Crippen LogP contribution in [-0.2, 0) is 11.3 Å². The first-order valence-corrected chi connectivity index (χ1v) is 10.8. The summed E-state index contributed by atoms with van der Waals surface area (Å²) in [5.41, 5.74) is 1.90. The summed E-state index contributed by atoms with van der Waals surface area (Å²) in [5.74, 6) is -0.314. The second kappa shape index (κ2) is 9.78. The molecule has 0 saturated carbocycles. The number of hydrogen-bond donors (Lipinski definition) is 2. The number of rotatable bonds is 7. The molecule has 3 rings (SSSR count). The quantitative estimate of drug-likeness (QED) is 0.546. The Balaban J connectivity index is 1.60. The van der Waals surface area contributed by atoms with Crippen LogP contribution >= 0.6 is 11.8 Å². The highest BCUT2D eigenvalue weighted by atomic mass is 32.2. The number of benzene rings is 2. The summed E-state index contributed by atoms with van der Waals surface area (Å²) in [7, 11) is 0. The van der Waals surface area contributed by atoms with Gasteiger partial charge in [0.1, 0.15) is 5.82 Å². The van der Waals surface area contributed by atoms with Crippen LogP contribution in [0.5, 0.6) is 0 Å². The zero-order valence-electron chi connectivity index (χ0n) is 17.7. The number of amides is 2. The van der Waals surface area contributed by atoms with Crippen molar-refractivity contribution in [2.45, 2.75) is 38.0 Å². The molecule has 1 heterocycles. The van der Waals surface area contributed by atoms with Crippen LogP contribution in [0.15, 0.2) is 66.1 Å². The van der Waals surface area contributed by atoms with Crippen molar-refractivity contribution in [3.05, 3.63) is 77.9 Å². The SMILES string of the molecule is CC(C)(C)NC(=O)CSc1nccn1-c1ccc(C(=O)NCc2ccc(F)cc2)cc1. The van der Waals surface area contributed by atoms with Crippen LogP contribution in [0.25, 0.3) is 5.69 Å². The van der Waals surface area contributed by atoms with E-state index in [-0.39, 0.29) is 28.9 Å². The van der Waals surface area contributed by atoms with Gasteiger partial charge in [0.25, 0.3) is 5.91 Å². The first-order chi connectivity index (χ1) is 14.7. The Morgan fingerprint density at radius 1 is 1.06 bits per heavy atom. The lowest BCUT2D eigenvalue weighted by Gasteiger charge is -2.20. The van der Waals surface area contributed by atoms with Crippen molar-refractivity contribution < 1.29 is 14.0 Å². The normalized spacial score (nSPS) is 11.2. The smallest absolute Gasteiger partial charge is 0.251 e. The lowest BCUT2D eigenvalue weighted by molar-refractivity contribution is -0.119. The number of halogens is 1. The molecule has 8 heteroatoms. The maximum atomic E-state index is 13.0. The molecule has 0 spiro atoms. The second-order valence-corrected chi connectivity index (χ2v) is 8.97. The van der Waals surface area contributed by atoms with Crippen molar-refractivity contribution in [2.24, 2.45) is 0 Å². The molecule has 31 heavy (non-hydrogen) atoms. The van der Waals surface area contributed by atoms with Gasteiger partial charge in [0.15, 0.2) is 5.16 Å². The molecule has 0 aliphatic heterocycles. The van der Waals surface area contributed by atoms with Gasteiger partial charge in [-0.15, -0.1) is 0 Å². The number of carbonyl (C=O) groups is 2. The second-order valence-electron chi connectivity index (χ2n) is 8.02. The van der Waals surface area contributed by atoms with Gasteiger partial charge in [-0.1, -0.05) is 23.9 Å². The fourth-order valence-corrected chi connectivity index (χ4v) is 3.61. The Morgan fingerprint density at radius 2 is 1.74 bits per heavy atom. The lowest BCUT2D eigenvalue weighted by atomic mass is 10.1. The number of hydrogen-bond acceptors (Lipinski definition) is 4. The predicted octanol–water partition coefficient (Wildman–Crippen LogP) is 3.95. The number of imidazole rings is 1. The van der Waals surface area contributed by atoms with E-state index in [1.165, 1.54) is 23.9 Å². The third-order valence-electron chi connectivity index (χ3n) is 4.23. The Kier molecular flexibility index (Phi) is 7.12. The van der Waals surface area contributed by atoms with E-state index in [0.717, 1.165) is 11.3 Å². The molecule has 0 radical (unpaired) electrons. The minimum atomic E-state index is -0.308. The molecule has 0 aliphatic rings. The number of aromatic nitrogens is 2. The van der Waals surface area contributed by atoms with E-state index in [0.29, 0.717) is 17.3 Å². The number of nitrogens with zero attached hydrogens (tertiary/aromatic N) is 2. The van der Waals surface area contributed by atoms with Gasteiger partial charge < -0.3 is 10.6 Å². The summed E-state index contributed by atoms with van der Waals surface area (Å²) in [4.78, 5) is 28.8. The maximum absolute atomic E-state index is 13.0. The van der Waals surface area contributed by atoms with Gasteiger partial charge in [-0.05, 0) is 62.7 Å². The monoisotopic (exact) mass is 440 g/mol. The molecule has 0 atom stereocenters. The van der Waals surface area contributed by atoms with Crippen LogP contribution in [-0.4, -0.2) is 32.7 Å². The van der Waals surface area contributed by atoms with E-state index in [4.69, 9.17) is 0 Å². The summed E-state index contributed by atoms with van der Waals surface area (Å²) in [6.45, 7) is 6.13. The molecule has 0 unspecified atom stereocenters. The van der Waals surface area contributed by atoms with Crippen LogP contribution in [0.4, 0.5) is 4.39 Å². The van der Waals surface area contributed by atoms with Gasteiger partial charge in [0.05, 0.1) is 5.75 Å². The van der Waals surface area contributed by atoms with Crippen LogP contribution in [0.2, 0.25) is 0 Å². The van der Waals surface area contributed by atoms with Crippen molar-refractivity contribution in [1.82, 2.24) is 20.2 Å². The third-order valence-corrected chi connectivity index (χ3v) is 5.19. The standard InChI is InChI=1S/C23H25FN4O2S/c1-23(2,3)27-20(29)15-31-22-25-12-13-28(22)19-10-6-17(7-11-19)21(30)26-14-16-4-8-18(24)9-5-16/h4-13H,14-15H2,1-3H3,(H,26,30)(H,27,29). The van der Waals surface area contributed by atoms with Gasteiger partial charge in [0.2, 0.25) is 5.91 Å². The zero-order chi connectivity index (χ0) is 22.4. The molecule has 0 aliphatic carbocycles. The van der Waals surface area contributed by atoms with E-state index in [1.54, 1.807) is 30.5 Å². The minimum absolute atomic E-state index is 0.0553. The van der Waals surface area contributed by atoms with Crippen LogP contribution in [0, 0.1) is 5.82 Å². The van der Waals surface area contributed by atoms with Crippen molar-refractivity contribution in [2.75, 3.05) is 5.75 Å². The van der Waals surface area contributed by atoms with E-state index < -0.39 is 0 Å². The summed E-state index contributed by atoms with van der Waals surface area (Å²) < 4.78 is 14.8. The Bertz CT molecular complexity index is 1040. The number of nitrogens with one attached hydrogen (secondary N) is 2. The Morgan fingerprint density at radius 3 is 2.39 bits per heavy atom. The molecule has 0 bridgehead atoms. The summed E-state index contributed by atoms with van der Waals surface area (Å²) in [6.07, 6.45) is 3.49. The molecule has 162 valence electrons. The van der Waals surface area contributed by atoms with E-state index in [2.05, 4.69) is 15.6 Å². The van der Waals surface area contributed by atoms with E-state index in [9.17, 15) is 14.0 Å². The average molecular weight is 441 g/mol. The molecule has 2 aromatic carbocycles. The average Bonchev–Trinajstić information content (AvgIpc) is 3.19. The maximum Gasteiger partial charge on any atom is 0.251 e. The molecule has 2 amide bonds. The third kappa shape index (κ3) is 6.68. The van der Waals surface area contributed by atoms with Crippen molar-refractivity contribution in [3.63, 3.8) is 0 Å². The zero-order valence-corrected chi connectivity index (χ0v) is 18.5. The predicted molar refractivity (Wildman–Crippen MR) is 120 cm³/mol. The van der Waals surface area contributed by atoms with E-state index >= 15 is 0 Å². The molecular formula is C23H25FN4O2S. The van der Waals surface area contributed by atoms with Crippen LogP contribution < -0.4 is 10.6 Å². The van der Waals surface area contributed by atoms with Gasteiger partial charge in [-0.25, -0.2) is 9.37 Å². The van der Waals surface area contributed by atoms with Crippen LogP contribution in [0.3, 0.4) is 0 Å². The topological polar surface area (TPSA) is 76.0 Å². The van der Waals surface area contributed by atoms with Gasteiger partial charge >= 0.3 is 0 Å². The highest BCUT2D eigenvalue weighted by Gasteiger charge is 2.15.